The van der Waals surface area contributed by atoms with Crippen molar-refractivity contribution in [2.24, 2.45) is 5.73 Å². The van der Waals surface area contributed by atoms with Crippen molar-refractivity contribution < 1.29 is 27.8 Å². The van der Waals surface area contributed by atoms with Gasteiger partial charge in [0.1, 0.15) is 17.1 Å². The number of ether oxygens (including phenoxy) is 1. The number of carbonyl (C=O) groups excluding carboxylic acids is 1. The van der Waals surface area contributed by atoms with Gasteiger partial charge in [-0.25, -0.2) is 13.8 Å². The van der Waals surface area contributed by atoms with Crippen LogP contribution < -0.4 is 15.4 Å². The standard InChI is InChI=1S/C22H19Br2F2N3O4/c23-12-9-11(3-5-14(12)29-7-1-2-8-29)19-20(24)33-22(28-19)16(10-30)32-15-6-4-13(25)17(18(15)26)21(27)31/h3-6,9,16,30H,1-2,7-8,10H2,(H2,27,31). The minimum atomic E-state index is -1.28. The average Bonchev–Trinajstić information content (AvgIpc) is 3.43. The van der Waals surface area contributed by atoms with Crippen molar-refractivity contribution in [2.45, 2.75) is 18.9 Å². The number of anilines is 1. The lowest BCUT2D eigenvalue weighted by molar-refractivity contribution is 0.0880. The van der Waals surface area contributed by atoms with Crippen molar-refractivity contribution in [1.29, 1.82) is 0 Å². The van der Waals surface area contributed by atoms with E-state index >= 15 is 0 Å². The Morgan fingerprint density at radius 2 is 1.97 bits per heavy atom. The summed E-state index contributed by atoms with van der Waals surface area (Å²) in [5.74, 6) is -4.17. The number of oxazole rings is 1. The minimum absolute atomic E-state index is 0.0385. The van der Waals surface area contributed by atoms with E-state index in [9.17, 15) is 18.7 Å². The first-order valence-corrected chi connectivity index (χ1v) is 11.6. The molecule has 0 bridgehead atoms. The van der Waals surface area contributed by atoms with Crippen LogP contribution in [-0.2, 0) is 0 Å². The number of hydrogen-bond donors (Lipinski definition) is 2. The molecule has 11 heteroatoms. The van der Waals surface area contributed by atoms with Crippen molar-refractivity contribution in [1.82, 2.24) is 4.98 Å². The first-order chi connectivity index (χ1) is 15.8. The van der Waals surface area contributed by atoms with E-state index in [0.29, 0.717) is 5.69 Å². The second-order valence-electron chi connectivity index (χ2n) is 7.42. The fraction of sp³-hybridized carbons (Fsp3) is 0.273. The van der Waals surface area contributed by atoms with E-state index in [1.165, 1.54) is 0 Å². The number of nitrogens with zero attached hydrogens (tertiary/aromatic N) is 2. The number of nitrogens with two attached hydrogens (primary N) is 1. The lowest BCUT2D eigenvalue weighted by atomic mass is 10.1. The van der Waals surface area contributed by atoms with E-state index in [-0.39, 0.29) is 10.6 Å². The zero-order chi connectivity index (χ0) is 23.7. The summed E-state index contributed by atoms with van der Waals surface area (Å²) in [6.45, 7) is 1.39. The Morgan fingerprint density at radius 3 is 2.61 bits per heavy atom. The monoisotopic (exact) mass is 585 g/mol. The average molecular weight is 587 g/mol. The van der Waals surface area contributed by atoms with Crippen molar-refractivity contribution in [3.8, 4) is 17.0 Å². The highest BCUT2D eigenvalue weighted by molar-refractivity contribution is 9.10. The predicted molar refractivity (Wildman–Crippen MR) is 124 cm³/mol. The molecule has 7 nitrogen and oxygen atoms in total. The Labute approximate surface area is 204 Å². The van der Waals surface area contributed by atoms with Gasteiger partial charge in [0.2, 0.25) is 5.89 Å². The van der Waals surface area contributed by atoms with E-state index in [1.54, 1.807) is 0 Å². The van der Waals surface area contributed by atoms with Gasteiger partial charge in [0.25, 0.3) is 5.91 Å². The highest BCUT2D eigenvalue weighted by atomic mass is 79.9. The summed E-state index contributed by atoms with van der Waals surface area (Å²) in [5, 5.41) is 9.80. The number of aromatic nitrogens is 1. The Bertz CT molecular complexity index is 1200. The number of hydrogen-bond acceptors (Lipinski definition) is 6. The highest BCUT2D eigenvalue weighted by Crippen LogP contribution is 2.37. The Hall–Kier alpha value is -2.50. The van der Waals surface area contributed by atoms with Crippen LogP contribution >= 0.6 is 31.9 Å². The number of aliphatic hydroxyl groups is 1. The van der Waals surface area contributed by atoms with E-state index in [1.807, 2.05) is 18.2 Å². The maximum Gasteiger partial charge on any atom is 0.254 e. The molecule has 0 saturated carbocycles. The summed E-state index contributed by atoms with van der Waals surface area (Å²) in [6, 6.07) is 7.65. The van der Waals surface area contributed by atoms with Crippen LogP contribution in [0.15, 0.2) is 43.9 Å². The van der Waals surface area contributed by atoms with Crippen LogP contribution in [0.25, 0.3) is 11.3 Å². The minimum Gasteiger partial charge on any atom is -0.475 e. The van der Waals surface area contributed by atoms with Crippen LogP contribution in [0.4, 0.5) is 14.5 Å². The SMILES string of the molecule is NC(=O)c1c(F)ccc(OC(CO)c2nc(-c3ccc(N4CCCC4)c(Br)c3)c(Br)o2)c1F. The molecule has 1 atom stereocenters. The van der Waals surface area contributed by atoms with Crippen LogP contribution in [0, 0.1) is 11.6 Å². The first kappa shape index (κ1) is 23.7. The van der Waals surface area contributed by atoms with E-state index < -0.39 is 41.6 Å². The first-order valence-electron chi connectivity index (χ1n) is 10.1. The molecule has 2 heterocycles. The summed E-state index contributed by atoms with van der Waals surface area (Å²) >= 11 is 6.94. The molecule has 33 heavy (non-hydrogen) atoms. The maximum absolute atomic E-state index is 14.5. The van der Waals surface area contributed by atoms with Gasteiger partial charge in [-0.3, -0.25) is 4.79 Å². The van der Waals surface area contributed by atoms with Crippen molar-refractivity contribution in [3.63, 3.8) is 0 Å². The second-order valence-corrected chi connectivity index (χ2v) is 9.00. The zero-order valence-electron chi connectivity index (χ0n) is 17.2. The molecule has 1 amide bonds. The number of benzene rings is 2. The van der Waals surface area contributed by atoms with E-state index in [0.717, 1.165) is 53.8 Å². The molecule has 2 aromatic carbocycles. The third-order valence-electron chi connectivity index (χ3n) is 5.28. The van der Waals surface area contributed by atoms with Crippen LogP contribution in [0.1, 0.15) is 35.2 Å². The number of carbonyl (C=O) groups is 1. The fourth-order valence-corrected chi connectivity index (χ4v) is 4.78. The molecule has 1 unspecified atom stereocenters. The predicted octanol–water partition coefficient (Wildman–Crippen LogP) is 4.96. The zero-order valence-corrected chi connectivity index (χ0v) is 20.3. The second kappa shape index (κ2) is 9.78. The Balaban J connectivity index is 1.61. The van der Waals surface area contributed by atoms with Crippen molar-refractivity contribution in [3.05, 3.63) is 62.6 Å². The van der Waals surface area contributed by atoms with Gasteiger partial charge in [-0.2, -0.15) is 0 Å². The van der Waals surface area contributed by atoms with E-state index in [4.69, 9.17) is 14.9 Å². The molecule has 0 radical (unpaired) electrons. The molecule has 1 aliphatic heterocycles. The Kier molecular flexibility index (Phi) is 7.01. The van der Waals surface area contributed by atoms with Crippen molar-refractivity contribution in [2.75, 3.05) is 24.6 Å². The molecular formula is C22H19Br2F2N3O4. The topological polar surface area (TPSA) is 102 Å². The number of rotatable bonds is 7. The summed E-state index contributed by atoms with van der Waals surface area (Å²) in [5.41, 5.74) is 6.40. The van der Waals surface area contributed by atoms with E-state index in [2.05, 4.69) is 41.7 Å². The number of aliphatic hydroxyl groups excluding tert-OH is 1. The van der Waals surface area contributed by atoms with Gasteiger partial charge in [0, 0.05) is 23.1 Å². The van der Waals surface area contributed by atoms with Crippen LogP contribution in [0.5, 0.6) is 5.75 Å². The van der Waals surface area contributed by atoms with Gasteiger partial charge in [0.15, 0.2) is 22.3 Å². The quantitative estimate of drug-likeness (QED) is 0.406. The normalized spacial score (nSPS) is 14.5. The molecule has 1 aromatic heterocycles. The van der Waals surface area contributed by atoms with Crippen LogP contribution in [0.3, 0.4) is 0 Å². The van der Waals surface area contributed by atoms with Gasteiger partial charge in [-0.15, -0.1) is 0 Å². The summed E-state index contributed by atoms with van der Waals surface area (Å²) in [6.07, 6.45) is 1.10. The molecule has 1 fully saturated rings. The summed E-state index contributed by atoms with van der Waals surface area (Å²) in [4.78, 5) is 18.0. The molecule has 1 saturated heterocycles. The summed E-state index contributed by atoms with van der Waals surface area (Å²) < 4.78 is 40.5. The molecule has 1 aliphatic rings. The van der Waals surface area contributed by atoms with Crippen LogP contribution in [0.2, 0.25) is 0 Å². The third kappa shape index (κ3) is 4.75. The van der Waals surface area contributed by atoms with Gasteiger partial charge in [0.05, 0.1) is 12.3 Å². The third-order valence-corrected chi connectivity index (χ3v) is 6.46. The molecule has 3 N–H and O–H groups in total. The fourth-order valence-electron chi connectivity index (χ4n) is 3.67. The molecule has 4 rings (SSSR count). The van der Waals surface area contributed by atoms with Gasteiger partial charge in [-0.05, 0) is 69.0 Å². The summed E-state index contributed by atoms with van der Waals surface area (Å²) in [7, 11) is 0. The molecule has 0 spiro atoms. The van der Waals surface area contributed by atoms with Crippen molar-refractivity contribution >= 4 is 43.5 Å². The largest absolute Gasteiger partial charge is 0.475 e. The smallest absolute Gasteiger partial charge is 0.254 e. The highest BCUT2D eigenvalue weighted by Gasteiger charge is 2.26. The molecule has 3 aromatic rings. The lowest BCUT2D eigenvalue weighted by Crippen LogP contribution is -2.18. The Morgan fingerprint density at radius 1 is 1.24 bits per heavy atom. The molecule has 0 aliphatic carbocycles. The van der Waals surface area contributed by atoms with Gasteiger partial charge >= 0.3 is 0 Å². The maximum atomic E-state index is 14.5. The molecule has 174 valence electrons. The number of amides is 1. The molecular weight excluding hydrogens is 568 g/mol. The lowest BCUT2D eigenvalue weighted by Gasteiger charge is -2.19. The number of primary amides is 1. The van der Waals surface area contributed by atoms with Gasteiger partial charge < -0.3 is 24.9 Å². The number of halogens is 4. The van der Waals surface area contributed by atoms with Crippen LogP contribution in [-0.4, -0.2) is 35.7 Å². The van der Waals surface area contributed by atoms with Gasteiger partial charge in [-0.1, -0.05) is 6.07 Å².